The third-order valence-electron chi connectivity index (χ3n) is 2.20. The minimum Gasteiger partial charge on any atom is -0.368 e. The van der Waals surface area contributed by atoms with E-state index in [4.69, 9.17) is 4.74 Å². The highest BCUT2D eigenvalue weighted by atomic mass is 16.6. The van der Waals surface area contributed by atoms with Gasteiger partial charge >= 0.3 is 0 Å². The Bertz CT molecular complexity index is 129. The van der Waals surface area contributed by atoms with E-state index in [9.17, 15) is 5.11 Å². The smallest absolute Gasteiger partial charge is 0.156 e. The number of hydrogen-bond acceptors (Lipinski definition) is 3. The summed E-state index contributed by atoms with van der Waals surface area (Å²) < 4.78 is 5.20. The molecule has 0 spiro atoms. The standard InChI is InChI=1S/C8H17NO2.C2H4/c1-6-4-7(9(2)3)5-8(10)11-6;1-2/h6-8,10H,4-5H2,1-3H3;1-2H2. The summed E-state index contributed by atoms with van der Waals surface area (Å²) in [6, 6.07) is 0.466. The molecular formula is C10H21NO2. The van der Waals surface area contributed by atoms with Crippen LogP contribution in [0.3, 0.4) is 0 Å². The van der Waals surface area contributed by atoms with Gasteiger partial charge in [-0.25, -0.2) is 0 Å². The quantitative estimate of drug-likeness (QED) is 0.627. The van der Waals surface area contributed by atoms with E-state index in [1.54, 1.807) is 0 Å². The van der Waals surface area contributed by atoms with Gasteiger partial charge in [-0.3, -0.25) is 0 Å². The summed E-state index contributed by atoms with van der Waals surface area (Å²) in [5, 5.41) is 9.25. The molecule has 3 atom stereocenters. The highest BCUT2D eigenvalue weighted by Crippen LogP contribution is 2.20. The number of aliphatic hydroxyl groups is 1. The molecule has 0 saturated carbocycles. The molecule has 1 heterocycles. The van der Waals surface area contributed by atoms with E-state index in [2.05, 4.69) is 18.1 Å². The molecule has 3 heteroatoms. The first-order valence-corrected chi connectivity index (χ1v) is 4.59. The maximum atomic E-state index is 9.25. The van der Waals surface area contributed by atoms with Crippen molar-refractivity contribution in [3.63, 3.8) is 0 Å². The Morgan fingerprint density at radius 2 is 1.85 bits per heavy atom. The SMILES string of the molecule is C=C.CC1CC(N(C)C)CC(O)O1. The van der Waals surface area contributed by atoms with E-state index in [0.29, 0.717) is 6.04 Å². The van der Waals surface area contributed by atoms with Crippen LogP contribution in [0, 0.1) is 0 Å². The highest BCUT2D eigenvalue weighted by molar-refractivity contribution is 4.75. The molecule has 0 aromatic heterocycles. The Morgan fingerprint density at radius 3 is 2.23 bits per heavy atom. The molecule has 1 saturated heterocycles. The molecule has 1 N–H and O–H groups in total. The lowest BCUT2D eigenvalue weighted by Gasteiger charge is -2.34. The lowest BCUT2D eigenvalue weighted by atomic mass is 10.0. The van der Waals surface area contributed by atoms with Crippen LogP contribution in [0.2, 0.25) is 0 Å². The summed E-state index contributed by atoms with van der Waals surface area (Å²) in [6.45, 7) is 8.00. The van der Waals surface area contributed by atoms with Crippen LogP contribution in [0.4, 0.5) is 0 Å². The maximum absolute atomic E-state index is 9.25. The molecule has 3 unspecified atom stereocenters. The lowest BCUT2D eigenvalue weighted by molar-refractivity contribution is -0.172. The Labute approximate surface area is 81.0 Å². The second-order valence-corrected chi connectivity index (χ2v) is 3.49. The molecule has 0 aromatic carbocycles. The molecule has 3 nitrogen and oxygen atoms in total. The van der Waals surface area contributed by atoms with Gasteiger partial charge in [-0.15, -0.1) is 13.2 Å². The first kappa shape index (κ1) is 12.6. The largest absolute Gasteiger partial charge is 0.368 e. The van der Waals surface area contributed by atoms with Crippen molar-refractivity contribution in [3.8, 4) is 0 Å². The summed E-state index contributed by atoms with van der Waals surface area (Å²) >= 11 is 0. The zero-order chi connectivity index (χ0) is 10.4. The minimum atomic E-state index is -0.564. The number of rotatable bonds is 1. The van der Waals surface area contributed by atoms with Gasteiger partial charge < -0.3 is 14.7 Å². The molecule has 1 rings (SSSR count). The molecule has 0 bridgehead atoms. The highest BCUT2D eigenvalue weighted by Gasteiger charge is 2.26. The van der Waals surface area contributed by atoms with E-state index in [1.165, 1.54) is 0 Å². The predicted octanol–water partition coefficient (Wildman–Crippen LogP) is 1.24. The molecule has 1 aliphatic rings. The van der Waals surface area contributed by atoms with E-state index >= 15 is 0 Å². The van der Waals surface area contributed by atoms with Crippen LogP contribution in [-0.2, 0) is 4.74 Å². The molecule has 13 heavy (non-hydrogen) atoms. The van der Waals surface area contributed by atoms with Gasteiger partial charge in [-0.2, -0.15) is 0 Å². The third kappa shape index (κ3) is 4.41. The monoisotopic (exact) mass is 187 g/mol. The average Bonchev–Trinajstić information content (AvgIpc) is 2.06. The fourth-order valence-electron chi connectivity index (χ4n) is 1.51. The molecule has 0 amide bonds. The van der Waals surface area contributed by atoms with E-state index in [0.717, 1.165) is 12.8 Å². The topological polar surface area (TPSA) is 32.7 Å². The Balaban J connectivity index is 0.000000671. The fourth-order valence-corrected chi connectivity index (χ4v) is 1.51. The average molecular weight is 187 g/mol. The molecule has 78 valence electrons. The Kier molecular flexibility index (Phi) is 5.95. The molecule has 1 fully saturated rings. The van der Waals surface area contributed by atoms with Crippen LogP contribution < -0.4 is 0 Å². The van der Waals surface area contributed by atoms with E-state index in [-0.39, 0.29) is 6.10 Å². The van der Waals surface area contributed by atoms with Gasteiger partial charge in [-0.05, 0) is 27.4 Å². The van der Waals surface area contributed by atoms with Crippen LogP contribution in [0.15, 0.2) is 13.2 Å². The van der Waals surface area contributed by atoms with Gasteiger partial charge in [0.25, 0.3) is 0 Å². The van der Waals surface area contributed by atoms with Crippen molar-refractivity contribution in [2.24, 2.45) is 0 Å². The molecule has 0 aliphatic carbocycles. The van der Waals surface area contributed by atoms with Crippen LogP contribution in [0.1, 0.15) is 19.8 Å². The van der Waals surface area contributed by atoms with Crippen molar-refractivity contribution >= 4 is 0 Å². The number of hydrogen-bond donors (Lipinski definition) is 1. The Morgan fingerprint density at radius 1 is 1.31 bits per heavy atom. The number of ether oxygens (including phenoxy) is 1. The first-order chi connectivity index (χ1) is 6.09. The maximum Gasteiger partial charge on any atom is 0.156 e. The van der Waals surface area contributed by atoms with Crippen LogP contribution >= 0.6 is 0 Å². The van der Waals surface area contributed by atoms with Gasteiger partial charge in [0.05, 0.1) is 6.10 Å². The lowest BCUT2D eigenvalue weighted by Crippen LogP contribution is -2.41. The molecule has 1 aliphatic heterocycles. The number of nitrogens with zero attached hydrogens (tertiary/aromatic N) is 1. The summed E-state index contributed by atoms with van der Waals surface area (Å²) in [6.07, 6.45) is 1.37. The van der Waals surface area contributed by atoms with Crippen LogP contribution in [-0.4, -0.2) is 42.5 Å². The summed E-state index contributed by atoms with van der Waals surface area (Å²) in [5.74, 6) is 0. The summed E-state index contributed by atoms with van der Waals surface area (Å²) in [7, 11) is 4.07. The van der Waals surface area contributed by atoms with Gasteiger partial charge in [0, 0.05) is 12.5 Å². The zero-order valence-corrected chi connectivity index (χ0v) is 8.86. The first-order valence-electron chi connectivity index (χ1n) is 4.59. The second-order valence-electron chi connectivity index (χ2n) is 3.49. The molecular weight excluding hydrogens is 166 g/mol. The van der Waals surface area contributed by atoms with Gasteiger partial charge in [0.1, 0.15) is 0 Å². The zero-order valence-electron chi connectivity index (χ0n) is 8.86. The van der Waals surface area contributed by atoms with Gasteiger partial charge in [-0.1, -0.05) is 0 Å². The van der Waals surface area contributed by atoms with Crippen LogP contribution in [0.25, 0.3) is 0 Å². The summed E-state index contributed by atoms with van der Waals surface area (Å²) in [4.78, 5) is 2.14. The van der Waals surface area contributed by atoms with Crippen molar-refractivity contribution in [2.45, 2.75) is 38.2 Å². The van der Waals surface area contributed by atoms with Crippen molar-refractivity contribution in [1.29, 1.82) is 0 Å². The van der Waals surface area contributed by atoms with Crippen molar-refractivity contribution in [1.82, 2.24) is 4.90 Å². The van der Waals surface area contributed by atoms with E-state index in [1.807, 2.05) is 21.0 Å². The van der Waals surface area contributed by atoms with E-state index < -0.39 is 6.29 Å². The summed E-state index contributed by atoms with van der Waals surface area (Å²) in [5.41, 5.74) is 0. The van der Waals surface area contributed by atoms with Crippen molar-refractivity contribution in [2.75, 3.05) is 14.1 Å². The fraction of sp³-hybridized carbons (Fsp3) is 0.800. The Hall–Kier alpha value is -0.380. The van der Waals surface area contributed by atoms with Gasteiger partial charge in [0.15, 0.2) is 6.29 Å². The molecule has 0 radical (unpaired) electrons. The minimum absolute atomic E-state index is 0.186. The molecule has 0 aromatic rings. The predicted molar refractivity (Wildman–Crippen MR) is 54.5 cm³/mol. The third-order valence-corrected chi connectivity index (χ3v) is 2.20. The van der Waals surface area contributed by atoms with Crippen LogP contribution in [0.5, 0.6) is 0 Å². The normalized spacial score (nSPS) is 33.8. The van der Waals surface area contributed by atoms with Crippen molar-refractivity contribution in [3.05, 3.63) is 13.2 Å². The van der Waals surface area contributed by atoms with Gasteiger partial charge in [0.2, 0.25) is 0 Å². The second kappa shape index (κ2) is 6.13. The number of aliphatic hydroxyl groups excluding tert-OH is 1. The van der Waals surface area contributed by atoms with Crippen molar-refractivity contribution < 1.29 is 9.84 Å².